The van der Waals surface area contributed by atoms with Crippen LogP contribution in [0.15, 0.2) is 91.0 Å². The molecule has 37 heavy (non-hydrogen) atoms. The van der Waals surface area contributed by atoms with Gasteiger partial charge in [-0.1, -0.05) is 85.6 Å². The Hall–Kier alpha value is -4.12. The fourth-order valence-corrected chi connectivity index (χ4v) is 4.28. The largest absolute Gasteiger partial charge is 0.489 e. The highest BCUT2D eigenvalue weighted by Gasteiger charge is 2.18. The van der Waals surface area contributed by atoms with Crippen molar-refractivity contribution in [3.63, 3.8) is 0 Å². The maximum atomic E-state index is 13.3. The van der Waals surface area contributed by atoms with Gasteiger partial charge in [-0.2, -0.15) is 0 Å². The van der Waals surface area contributed by atoms with Crippen molar-refractivity contribution >= 4 is 11.8 Å². The van der Waals surface area contributed by atoms with Gasteiger partial charge in [0.25, 0.3) is 0 Å². The van der Waals surface area contributed by atoms with Gasteiger partial charge in [0, 0.05) is 24.1 Å². The van der Waals surface area contributed by atoms with E-state index in [4.69, 9.17) is 4.74 Å². The summed E-state index contributed by atoms with van der Waals surface area (Å²) in [7, 11) is 1.41. The fraction of sp³-hybridized carbons (Fsp3) is 0.250. The Balaban J connectivity index is 1.45. The summed E-state index contributed by atoms with van der Waals surface area (Å²) in [6.07, 6.45) is 4.25. The molecule has 4 rings (SSSR count). The predicted octanol–water partition coefficient (Wildman–Crippen LogP) is 7.62. The van der Waals surface area contributed by atoms with Gasteiger partial charge in [0.1, 0.15) is 12.4 Å². The SMILES string of the molecule is COC(=O)CCCCCCC(=O)c1[nH]c(-c2ccccc2)cc1-c1ccc(OCc2ccccc2)cc1. The van der Waals surface area contributed by atoms with Crippen molar-refractivity contribution in [3.8, 4) is 28.1 Å². The predicted molar refractivity (Wildman–Crippen MR) is 146 cm³/mol. The van der Waals surface area contributed by atoms with Gasteiger partial charge < -0.3 is 14.5 Å². The van der Waals surface area contributed by atoms with E-state index in [9.17, 15) is 9.59 Å². The van der Waals surface area contributed by atoms with E-state index in [1.54, 1.807) is 0 Å². The summed E-state index contributed by atoms with van der Waals surface area (Å²) in [6.45, 7) is 0.506. The number of ketones is 1. The molecule has 3 aromatic carbocycles. The molecule has 4 aromatic rings. The molecule has 0 amide bonds. The number of carbonyl (C=O) groups is 2. The zero-order valence-electron chi connectivity index (χ0n) is 21.2. The average Bonchev–Trinajstić information content (AvgIpc) is 3.40. The van der Waals surface area contributed by atoms with Gasteiger partial charge in [-0.25, -0.2) is 0 Å². The number of benzene rings is 3. The molecular formula is C32H33NO4. The van der Waals surface area contributed by atoms with Crippen LogP contribution in [0.3, 0.4) is 0 Å². The van der Waals surface area contributed by atoms with Gasteiger partial charge in [0.15, 0.2) is 5.78 Å². The maximum Gasteiger partial charge on any atom is 0.305 e. The number of methoxy groups -OCH3 is 1. The summed E-state index contributed by atoms with van der Waals surface area (Å²) in [5, 5.41) is 0. The summed E-state index contributed by atoms with van der Waals surface area (Å²) in [4.78, 5) is 27.9. The number of nitrogens with one attached hydrogen (secondary N) is 1. The molecule has 0 spiro atoms. The molecule has 0 fully saturated rings. The number of hydrogen-bond donors (Lipinski definition) is 1. The van der Waals surface area contributed by atoms with E-state index in [0.717, 1.165) is 59.4 Å². The molecule has 0 bridgehead atoms. The van der Waals surface area contributed by atoms with Crippen LogP contribution in [-0.4, -0.2) is 23.8 Å². The van der Waals surface area contributed by atoms with Gasteiger partial charge in [-0.3, -0.25) is 9.59 Å². The Morgan fingerprint density at radius 3 is 2.05 bits per heavy atom. The highest BCUT2D eigenvalue weighted by atomic mass is 16.5. The number of rotatable bonds is 13. The molecule has 1 heterocycles. The van der Waals surface area contributed by atoms with Crippen LogP contribution in [0.4, 0.5) is 0 Å². The topological polar surface area (TPSA) is 68.4 Å². The number of aromatic nitrogens is 1. The van der Waals surface area contributed by atoms with Crippen LogP contribution in [0.2, 0.25) is 0 Å². The molecule has 190 valence electrons. The Morgan fingerprint density at radius 2 is 1.38 bits per heavy atom. The van der Waals surface area contributed by atoms with Crippen LogP contribution < -0.4 is 4.74 Å². The minimum Gasteiger partial charge on any atom is -0.489 e. The highest BCUT2D eigenvalue weighted by molar-refractivity contribution is 6.02. The summed E-state index contributed by atoms with van der Waals surface area (Å²) < 4.78 is 10.6. The van der Waals surface area contributed by atoms with E-state index in [-0.39, 0.29) is 11.8 Å². The molecule has 0 saturated carbocycles. The van der Waals surface area contributed by atoms with E-state index in [0.29, 0.717) is 25.1 Å². The van der Waals surface area contributed by atoms with Gasteiger partial charge in [-0.15, -0.1) is 0 Å². The number of ether oxygens (including phenoxy) is 2. The summed E-state index contributed by atoms with van der Waals surface area (Å²) in [5.41, 5.74) is 5.56. The Morgan fingerprint density at radius 1 is 0.730 bits per heavy atom. The van der Waals surface area contributed by atoms with Crippen molar-refractivity contribution in [1.82, 2.24) is 4.98 Å². The van der Waals surface area contributed by atoms with Gasteiger partial charge in [0.2, 0.25) is 0 Å². The lowest BCUT2D eigenvalue weighted by Crippen LogP contribution is -2.02. The molecule has 0 aliphatic rings. The van der Waals surface area contributed by atoms with E-state index in [1.807, 2.05) is 84.9 Å². The highest BCUT2D eigenvalue weighted by Crippen LogP contribution is 2.32. The van der Waals surface area contributed by atoms with Crippen molar-refractivity contribution in [2.75, 3.05) is 7.11 Å². The standard InChI is InChI=1S/C32H33NO4/c1-36-31(35)17-11-3-2-10-16-30(34)32-28(22-29(33-32)26-14-8-5-9-15-26)25-18-20-27(21-19-25)37-23-24-12-6-4-7-13-24/h4-9,12-15,18-22,33H,2-3,10-11,16-17,23H2,1H3. The van der Waals surface area contributed by atoms with Crippen molar-refractivity contribution < 1.29 is 19.1 Å². The van der Waals surface area contributed by atoms with E-state index < -0.39 is 0 Å². The van der Waals surface area contributed by atoms with Crippen molar-refractivity contribution in [1.29, 1.82) is 0 Å². The van der Waals surface area contributed by atoms with E-state index >= 15 is 0 Å². The Labute approximate surface area is 218 Å². The molecule has 1 aromatic heterocycles. The number of aromatic amines is 1. The third-order valence-electron chi connectivity index (χ3n) is 6.36. The molecule has 0 aliphatic heterocycles. The molecule has 0 unspecified atom stereocenters. The maximum absolute atomic E-state index is 13.3. The number of carbonyl (C=O) groups excluding carboxylic acids is 2. The molecule has 0 atom stereocenters. The lowest BCUT2D eigenvalue weighted by molar-refractivity contribution is -0.140. The second-order valence-corrected chi connectivity index (χ2v) is 9.05. The van der Waals surface area contributed by atoms with Crippen LogP contribution in [-0.2, 0) is 16.1 Å². The third-order valence-corrected chi connectivity index (χ3v) is 6.36. The summed E-state index contributed by atoms with van der Waals surface area (Å²) in [6, 6.07) is 30.0. The number of unbranched alkanes of at least 4 members (excludes halogenated alkanes) is 3. The van der Waals surface area contributed by atoms with Crippen molar-refractivity contribution in [2.45, 2.75) is 45.1 Å². The van der Waals surface area contributed by atoms with Crippen LogP contribution in [0.5, 0.6) is 5.75 Å². The van der Waals surface area contributed by atoms with Gasteiger partial charge >= 0.3 is 5.97 Å². The second kappa shape index (κ2) is 13.3. The van der Waals surface area contributed by atoms with E-state index in [1.165, 1.54) is 7.11 Å². The van der Waals surface area contributed by atoms with Crippen molar-refractivity contribution in [3.05, 3.63) is 102 Å². The normalized spacial score (nSPS) is 10.7. The summed E-state index contributed by atoms with van der Waals surface area (Å²) >= 11 is 0. The fourth-order valence-electron chi connectivity index (χ4n) is 4.28. The molecule has 1 N–H and O–H groups in total. The van der Waals surface area contributed by atoms with E-state index in [2.05, 4.69) is 15.8 Å². The van der Waals surface area contributed by atoms with Crippen molar-refractivity contribution in [2.24, 2.45) is 0 Å². The minimum atomic E-state index is -0.183. The van der Waals surface area contributed by atoms with Crippen LogP contribution in [0.1, 0.15) is 54.6 Å². The Kier molecular flexibility index (Phi) is 9.30. The first kappa shape index (κ1) is 26.0. The first-order chi connectivity index (χ1) is 18.1. The minimum absolute atomic E-state index is 0.0922. The lowest BCUT2D eigenvalue weighted by atomic mass is 10.0. The first-order valence-electron chi connectivity index (χ1n) is 12.8. The molecule has 0 radical (unpaired) electrons. The molecule has 5 heteroatoms. The molecule has 0 saturated heterocycles. The monoisotopic (exact) mass is 495 g/mol. The second-order valence-electron chi connectivity index (χ2n) is 9.05. The zero-order valence-corrected chi connectivity index (χ0v) is 21.2. The zero-order chi connectivity index (χ0) is 25.9. The summed E-state index contributed by atoms with van der Waals surface area (Å²) in [5.74, 6) is 0.692. The van der Waals surface area contributed by atoms with Crippen LogP contribution >= 0.6 is 0 Å². The third kappa shape index (κ3) is 7.43. The lowest BCUT2D eigenvalue weighted by Gasteiger charge is -2.08. The number of hydrogen-bond acceptors (Lipinski definition) is 4. The first-order valence-corrected chi connectivity index (χ1v) is 12.8. The van der Waals surface area contributed by atoms with Gasteiger partial charge in [-0.05, 0) is 47.7 Å². The van der Waals surface area contributed by atoms with Crippen LogP contribution in [0, 0.1) is 0 Å². The number of esters is 1. The quantitative estimate of drug-likeness (QED) is 0.118. The van der Waals surface area contributed by atoms with Crippen LogP contribution in [0.25, 0.3) is 22.4 Å². The number of Topliss-reactive ketones (excluding diaryl/α,β-unsaturated/α-hetero) is 1. The molecule has 0 aliphatic carbocycles. The Bertz CT molecular complexity index is 1280. The molecule has 5 nitrogen and oxygen atoms in total. The average molecular weight is 496 g/mol. The van der Waals surface area contributed by atoms with Gasteiger partial charge in [0.05, 0.1) is 12.8 Å². The number of H-pyrrole nitrogens is 1. The molecular weight excluding hydrogens is 462 g/mol. The smallest absolute Gasteiger partial charge is 0.305 e.